The van der Waals surface area contributed by atoms with Crippen molar-refractivity contribution in [1.29, 1.82) is 0 Å². The van der Waals surface area contributed by atoms with Gasteiger partial charge in [0.2, 0.25) is 17.7 Å². The number of thioether (sulfide) groups is 1. The predicted molar refractivity (Wildman–Crippen MR) is 126 cm³/mol. The van der Waals surface area contributed by atoms with Crippen LogP contribution in [0.3, 0.4) is 0 Å². The van der Waals surface area contributed by atoms with Crippen molar-refractivity contribution < 1.29 is 19.1 Å². The fourth-order valence-corrected chi connectivity index (χ4v) is 3.83. The van der Waals surface area contributed by atoms with Crippen LogP contribution in [0.25, 0.3) is 0 Å². The number of nitrogens with one attached hydrogen (secondary N) is 2. The van der Waals surface area contributed by atoms with Gasteiger partial charge in [-0.15, -0.1) is 11.8 Å². The van der Waals surface area contributed by atoms with Crippen LogP contribution in [-0.2, 0) is 14.4 Å². The first-order chi connectivity index (χ1) is 14.7. The number of anilines is 2. The maximum absolute atomic E-state index is 12.4. The first kappa shape index (κ1) is 24.3. The van der Waals surface area contributed by atoms with E-state index in [0.29, 0.717) is 11.4 Å². The lowest BCUT2D eigenvalue weighted by Crippen LogP contribution is -2.36. The second kappa shape index (κ2) is 11.4. The summed E-state index contributed by atoms with van der Waals surface area (Å²) in [4.78, 5) is 38.1. The van der Waals surface area contributed by atoms with Crippen molar-refractivity contribution in [2.45, 2.75) is 20.8 Å². The Labute approximate surface area is 187 Å². The van der Waals surface area contributed by atoms with E-state index in [9.17, 15) is 14.4 Å². The second-order valence-corrected chi connectivity index (χ2v) is 8.33. The molecule has 0 aromatic heterocycles. The van der Waals surface area contributed by atoms with Gasteiger partial charge in [0, 0.05) is 18.4 Å². The lowest BCUT2D eigenvalue weighted by molar-refractivity contribution is -0.131. The SMILES string of the molecule is COc1ccc(NC(=O)CSCC(=O)N(C)CC(=O)Nc2c(C)cc(C)cc2C)cc1. The highest BCUT2D eigenvalue weighted by atomic mass is 32.2. The summed E-state index contributed by atoms with van der Waals surface area (Å²) in [5.41, 5.74) is 4.54. The molecule has 7 nitrogen and oxygen atoms in total. The third-order valence-corrected chi connectivity index (χ3v) is 5.50. The molecule has 0 unspecified atom stereocenters. The van der Waals surface area contributed by atoms with Gasteiger partial charge in [-0.05, 0) is 56.2 Å². The van der Waals surface area contributed by atoms with Crippen molar-refractivity contribution in [3.8, 4) is 5.75 Å². The normalized spacial score (nSPS) is 10.4. The summed E-state index contributed by atoms with van der Waals surface area (Å²) in [5.74, 6) is 0.288. The molecule has 0 heterocycles. The van der Waals surface area contributed by atoms with Gasteiger partial charge in [-0.3, -0.25) is 14.4 Å². The smallest absolute Gasteiger partial charge is 0.243 e. The molecule has 0 aliphatic rings. The molecule has 0 atom stereocenters. The Morgan fingerprint density at radius 3 is 2.13 bits per heavy atom. The van der Waals surface area contributed by atoms with Gasteiger partial charge in [-0.25, -0.2) is 0 Å². The van der Waals surface area contributed by atoms with Gasteiger partial charge in [0.1, 0.15) is 5.75 Å². The van der Waals surface area contributed by atoms with Crippen molar-refractivity contribution in [3.05, 3.63) is 53.1 Å². The minimum Gasteiger partial charge on any atom is -0.497 e. The van der Waals surface area contributed by atoms with Gasteiger partial charge in [0.05, 0.1) is 25.2 Å². The van der Waals surface area contributed by atoms with Crippen LogP contribution in [0.2, 0.25) is 0 Å². The molecule has 0 spiro atoms. The fraction of sp³-hybridized carbons (Fsp3) is 0.348. The molecule has 0 bridgehead atoms. The Balaban J connectivity index is 1.75. The predicted octanol–water partition coefficient (Wildman–Crippen LogP) is 3.39. The van der Waals surface area contributed by atoms with Gasteiger partial charge in [0.15, 0.2) is 0 Å². The van der Waals surface area contributed by atoms with Crippen LogP contribution >= 0.6 is 11.8 Å². The van der Waals surface area contributed by atoms with Crippen molar-refractivity contribution in [2.24, 2.45) is 0 Å². The molecule has 0 aliphatic carbocycles. The molecule has 8 heteroatoms. The van der Waals surface area contributed by atoms with Gasteiger partial charge in [-0.1, -0.05) is 17.7 Å². The summed E-state index contributed by atoms with van der Waals surface area (Å²) in [7, 11) is 3.15. The molecule has 2 aromatic carbocycles. The van der Waals surface area contributed by atoms with E-state index in [2.05, 4.69) is 10.6 Å². The third-order valence-electron chi connectivity index (χ3n) is 4.58. The number of methoxy groups -OCH3 is 1. The first-order valence-electron chi connectivity index (χ1n) is 9.83. The van der Waals surface area contributed by atoms with E-state index in [4.69, 9.17) is 4.74 Å². The molecule has 166 valence electrons. The summed E-state index contributed by atoms with van der Waals surface area (Å²) >= 11 is 1.20. The number of benzene rings is 2. The van der Waals surface area contributed by atoms with Crippen LogP contribution in [0, 0.1) is 20.8 Å². The quantitative estimate of drug-likeness (QED) is 0.620. The molecule has 3 amide bonds. The topological polar surface area (TPSA) is 87.7 Å². The van der Waals surface area contributed by atoms with E-state index < -0.39 is 0 Å². The summed E-state index contributed by atoms with van der Waals surface area (Å²) in [6.07, 6.45) is 0. The van der Waals surface area contributed by atoms with Crippen molar-refractivity contribution in [1.82, 2.24) is 4.90 Å². The van der Waals surface area contributed by atoms with Gasteiger partial charge in [0.25, 0.3) is 0 Å². The number of nitrogens with zero attached hydrogens (tertiary/aromatic N) is 1. The molecular weight excluding hydrogens is 414 g/mol. The van der Waals surface area contributed by atoms with Crippen LogP contribution in [0.4, 0.5) is 11.4 Å². The van der Waals surface area contributed by atoms with Crippen LogP contribution in [0.15, 0.2) is 36.4 Å². The van der Waals surface area contributed by atoms with Gasteiger partial charge >= 0.3 is 0 Å². The summed E-state index contributed by atoms with van der Waals surface area (Å²) < 4.78 is 5.08. The van der Waals surface area contributed by atoms with Crippen molar-refractivity contribution in [2.75, 3.05) is 42.8 Å². The number of likely N-dealkylation sites (N-methyl/N-ethyl adjacent to an activating group) is 1. The molecule has 31 heavy (non-hydrogen) atoms. The molecule has 2 N–H and O–H groups in total. The Hall–Kier alpha value is -3.00. The minimum absolute atomic E-state index is 0.0514. The first-order valence-corrected chi connectivity index (χ1v) is 11.0. The Kier molecular flexibility index (Phi) is 8.93. The van der Waals surface area contributed by atoms with Crippen LogP contribution in [-0.4, -0.2) is 54.8 Å². The van der Waals surface area contributed by atoms with Gasteiger partial charge in [-0.2, -0.15) is 0 Å². The highest BCUT2D eigenvalue weighted by molar-refractivity contribution is 8.00. The fourth-order valence-electron chi connectivity index (χ4n) is 3.07. The number of ether oxygens (including phenoxy) is 1. The van der Waals surface area contributed by atoms with E-state index in [1.54, 1.807) is 38.4 Å². The largest absolute Gasteiger partial charge is 0.497 e. The summed E-state index contributed by atoms with van der Waals surface area (Å²) in [5, 5.41) is 5.65. The number of rotatable bonds is 9. The van der Waals surface area contributed by atoms with E-state index in [0.717, 1.165) is 22.4 Å². The maximum atomic E-state index is 12.4. The van der Waals surface area contributed by atoms with E-state index in [1.165, 1.54) is 16.7 Å². The average Bonchev–Trinajstić information content (AvgIpc) is 2.71. The summed E-state index contributed by atoms with van der Waals surface area (Å²) in [6.45, 7) is 5.84. The zero-order chi connectivity index (χ0) is 23.0. The molecule has 0 fully saturated rings. The molecular formula is C23H29N3O4S. The molecule has 2 rings (SSSR count). The Morgan fingerprint density at radius 1 is 0.935 bits per heavy atom. The molecule has 2 aromatic rings. The van der Waals surface area contributed by atoms with E-state index in [-0.39, 0.29) is 35.8 Å². The van der Waals surface area contributed by atoms with Crippen molar-refractivity contribution in [3.63, 3.8) is 0 Å². The molecule has 0 saturated carbocycles. The number of hydrogen-bond acceptors (Lipinski definition) is 5. The van der Waals surface area contributed by atoms with E-state index >= 15 is 0 Å². The third kappa shape index (κ3) is 7.64. The van der Waals surface area contributed by atoms with Crippen LogP contribution in [0.1, 0.15) is 16.7 Å². The molecule has 0 radical (unpaired) electrons. The zero-order valence-corrected chi connectivity index (χ0v) is 19.4. The van der Waals surface area contributed by atoms with Crippen LogP contribution < -0.4 is 15.4 Å². The monoisotopic (exact) mass is 443 g/mol. The van der Waals surface area contributed by atoms with Crippen LogP contribution in [0.5, 0.6) is 5.75 Å². The lowest BCUT2D eigenvalue weighted by atomic mass is 10.1. The molecule has 0 saturated heterocycles. The zero-order valence-electron chi connectivity index (χ0n) is 18.6. The second-order valence-electron chi connectivity index (χ2n) is 7.34. The standard InChI is InChI=1S/C23H29N3O4S/c1-15-10-16(2)23(17(3)11-15)25-20(27)12-26(4)22(29)14-31-13-21(28)24-18-6-8-19(30-5)9-7-18/h6-11H,12-14H2,1-5H3,(H,24,28)(H,25,27). The number of amides is 3. The number of carbonyl (C=O) groups is 3. The number of aryl methyl sites for hydroxylation is 3. The van der Waals surface area contributed by atoms with Gasteiger partial charge < -0.3 is 20.3 Å². The number of carbonyl (C=O) groups excluding carboxylic acids is 3. The average molecular weight is 444 g/mol. The van der Waals surface area contributed by atoms with Crippen molar-refractivity contribution >= 4 is 40.9 Å². The Bertz CT molecular complexity index is 921. The minimum atomic E-state index is -0.256. The lowest BCUT2D eigenvalue weighted by Gasteiger charge is -2.18. The molecule has 0 aliphatic heterocycles. The summed E-state index contributed by atoms with van der Waals surface area (Å²) in [6, 6.07) is 11.0. The maximum Gasteiger partial charge on any atom is 0.243 e. The van der Waals surface area contributed by atoms with E-state index in [1.807, 2.05) is 32.9 Å². The highest BCUT2D eigenvalue weighted by Crippen LogP contribution is 2.22. The Morgan fingerprint density at radius 2 is 1.55 bits per heavy atom. The highest BCUT2D eigenvalue weighted by Gasteiger charge is 2.15. The number of hydrogen-bond donors (Lipinski definition) is 2.